The molecule has 0 bridgehead atoms. The number of aromatic nitrogens is 4. The van der Waals surface area contributed by atoms with Crippen molar-refractivity contribution in [3.8, 4) is 0 Å². The van der Waals surface area contributed by atoms with Crippen molar-refractivity contribution in [1.29, 1.82) is 0 Å². The van der Waals surface area contributed by atoms with E-state index in [9.17, 15) is 4.79 Å². The Kier molecular flexibility index (Phi) is 4.90. The Balaban J connectivity index is 1.36. The summed E-state index contributed by atoms with van der Waals surface area (Å²) in [6.45, 7) is 4.74. The molecule has 8 heteroatoms. The van der Waals surface area contributed by atoms with Crippen LogP contribution >= 0.6 is 0 Å². The quantitative estimate of drug-likeness (QED) is 0.821. The van der Waals surface area contributed by atoms with Gasteiger partial charge < -0.3 is 14.7 Å². The van der Waals surface area contributed by atoms with Gasteiger partial charge in [0, 0.05) is 51.7 Å². The van der Waals surface area contributed by atoms with Crippen LogP contribution in [0.5, 0.6) is 0 Å². The lowest BCUT2D eigenvalue weighted by atomic mass is 10.1. The highest BCUT2D eigenvalue weighted by molar-refractivity contribution is 5.92. The first-order chi connectivity index (χ1) is 12.8. The van der Waals surface area contributed by atoms with Gasteiger partial charge in [0.1, 0.15) is 0 Å². The monoisotopic (exact) mass is 353 g/mol. The summed E-state index contributed by atoms with van der Waals surface area (Å²) in [7, 11) is 0. The molecule has 0 atom stereocenters. The van der Waals surface area contributed by atoms with E-state index in [0.717, 1.165) is 32.0 Å². The molecule has 2 aromatic heterocycles. The molecule has 2 fully saturated rings. The van der Waals surface area contributed by atoms with E-state index in [4.69, 9.17) is 0 Å². The second-order valence-electron chi connectivity index (χ2n) is 6.65. The van der Waals surface area contributed by atoms with Gasteiger partial charge in [0.05, 0.1) is 0 Å². The van der Waals surface area contributed by atoms with Crippen molar-refractivity contribution in [3.05, 3.63) is 36.3 Å². The Bertz CT molecular complexity index is 723. The van der Waals surface area contributed by atoms with E-state index in [-0.39, 0.29) is 5.91 Å². The maximum atomic E-state index is 12.7. The first-order valence-electron chi connectivity index (χ1n) is 9.21. The van der Waals surface area contributed by atoms with Crippen molar-refractivity contribution in [1.82, 2.24) is 25.1 Å². The van der Waals surface area contributed by atoms with Crippen LogP contribution in [0.1, 0.15) is 29.8 Å². The second kappa shape index (κ2) is 7.63. The molecule has 26 heavy (non-hydrogen) atoms. The van der Waals surface area contributed by atoms with E-state index in [1.54, 1.807) is 24.5 Å². The molecule has 0 aliphatic carbocycles. The predicted octanol–water partition coefficient (Wildman–Crippen LogP) is 1.22. The zero-order valence-electron chi connectivity index (χ0n) is 14.8. The third-order valence-electron chi connectivity index (χ3n) is 4.95. The molecule has 0 unspecified atom stereocenters. The minimum absolute atomic E-state index is 0.0590. The first-order valence-corrected chi connectivity index (χ1v) is 9.21. The molecule has 4 heterocycles. The minimum Gasteiger partial charge on any atom is -0.355 e. The van der Waals surface area contributed by atoms with Crippen molar-refractivity contribution >= 4 is 17.7 Å². The average molecular weight is 353 g/mol. The summed E-state index contributed by atoms with van der Waals surface area (Å²) in [6.07, 6.45) is 7.13. The van der Waals surface area contributed by atoms with Crippen molar-refractivity contribution < 1.29 is 4.79 Å². The Morgan fingerprint density at radius 3 is 2.19 bits per heavy atom. The van der Waals surface area contributed by atoms with Gasteiger partial charge in [0.25, 0.3) is 5.91 Å². The highest BCUT2D eigenvalue weighted by atomic mass is 16.2. The van der Waals surface area contributed by atoms with Crippen LogP contribution in [-0.2, 0) is 0 Å². The third-order valence-corrected chi connectivity index (χ3v) is 4.95. The van der Waals surface area contributed by atoms with Crippen molar-refractivity contribution in [2.45, 2.75) is 19.3 Å². The summed E-state index contributed by atoms with van der Waals surface area (Å²) in [5.74, 6) is 1.52. The Hall–Kier alpha value is -2.77. The van der Waals surface area contributed by atoms with Gasteiger partial charge in [0.2, 0.25) is 5.95 Å². The smallest absolute Gasteiger partial charge is 0.274 e. The number of piperazine rings is 1. The molecule has 0 N–H and O–H groups in total. The lowest BCUT2D eigenvalue weighted by Crippen LogP contribution is -2.49. The zero-order valence-corrected chi connectivity index (χ0v) is 14.8. The molecule has 8 nitrogen and oxygen atoms in total. The average Bonchev–Trinajstić information content (AvgIpc) is 2.75. The van der Waals surface area contributed by atoms with Gasteiger partial charge in [-0.3, -0.25) is 4.79 Å². The number of nitrogens with zero attached hydrogens (tertiary/aromatic N) is 7. The lowest BCUT2D eigenvalue weighted by molar-refractivity contribution is 0.0739. The van der Waals surface area contributed by atoms with Crippen molar-refractivity contribution in [3.63, 3.8) is 0 Å². The maximum absolute atomic E-state index is 12.7. The minimum atomic E-state index is -0.0590. The summed E-state index contributed by atoms with van der Waals surface area (Å²) in [5.41, 5.74) is 0.412. The van der Waals surface area contributed by atoms with Crippen LogP contribution in [0.2, 0.25) is 0 Å². The van der Waals surface area contributed by atoms with Gasteiger partial charge in [-0.2, -0.15) is 0 Å². The fourth-order valence-electron chi connectivity index (χ4n) is 3.46. The molecule has 0 spiro atoms. The summed E-state index contributed by atoms with van der Waals surface area (Å²) >= 11 is 0. The summed E-state index contributed by atoms with van der Waals surface area (Å²) in [5, 5.41) is 8.46. The molecular formula is C18H23N7O. The Labute approximate surface area is 152 Å². The SMILES string of the molecule is O=C(c1ccc(N2CCCCC2)nn1)N1CCN(c2ncccn2)CC1. The second-order valence-corrected chi connectivity index (χ2v) is 6.65. The topological polar surface area (TPSA) is 78.4 Å². The number of carbonyl (C=O) groups is 1. The number of carbonyl (C=O) groups excluding carboxylic acids is 1. The molecule has 0 saturated carbocycles. The van der Waals surface area contributed by atoms with Gasteiger partial charge in [-0.25, -0.2) is 9.97 Å². The molecule has 2 aliphatic rings. The van der Waals surface area contributed by atoms with Crippen LogP contribution < -0.4 is 9.80 Å². The van der Waals surface area contributed by atoms with Crippen LogP contribution in [0.4, 0.5) is 11.8 Å². The predicted molar refractivity (Wildman–Crippen MR) is 98.2 cm³/mol. The van der Waals surface area contributed by atoms with Crippen LogP contribution in [0, 0.1) is 0 Å². The molecule has 1 amide bonds. The van der Waals surface area contributed by atoms with E-state index in [1.807, 2.05) is 11.0 Å². The number of hydrogen-bond donors (Lipinski definition) is 0. The summed E-state index contributed by atoms with van der Waals surface area (Å²) in [4.78, 5) is 27.4. The number of rotatable bonds is 3. The molecule has 2 saturated heterocycles. The fourth-order valence-corrected chi connectivity index (χ4v) is 3.46. The van der Waals surface area contributed by atoms with Gasteiger partial charge >= 0.3 is 0 Å². The van der Waals surface area contributed by atoms with Crippen LogP contribution in [0.25, 0.3) is 0 Å². The van der Waals surface area contributed by atoms with Gasteiger partial charge in [0.15, 0.2) is 11.5 Å². The van der Waals surface area contributed by atoms with E-state index < -0.39 is 0 Å². The van der Waals surface area contributed by atoms with Gasteiger partial charge in [-0.1, -0.05) is 0 Å². The molecule has 2 aromatic rings. The van der Waals surface area contributed by atoms with E-state index >= 15 is 0 Å². The standard InChI is InChI=1S/C18H23N7O/c26-17(15-5-6-16(22-21-15)23-9-2-1-3-10-23)24-11-13-25(14-12-24)18-19-7-4-8-20-18/h4-8H,1-3,9-14H2. The molecule has 4 rings (SSSR count). The molecule has 0 aromatic carbocycles. The van der Waals surface area contributed by atoms with Crippen LogP contribution in [0.3, 0.4) is 0 Å². The van der Waals surface area contributed by atoms with E-state index in [0.29, 0.717) is 24.7 Å². The first kappa shape index (κ1) is 16.7. The van der Waals surface area contributed by atoms with E-state index in [2.05, 4.69) is 30.0 Å². The normalized spacial score (nSPS) is 18.1. The molecular weight excluding hydrogens is 330 g/mol. The van der Waals surface area contributed by atoms with Crippen molar-refractivity contribution in [2.75, 3.05) is 49.1 Å². The third kappa shape index (κ3) is 3.58. The Morgan fingerprint density at radius 2 is 1.54 bits per heavy atom. The van der Waals surface area contributed by atoms with E-state index in [1.165, 1.54) is 19.3 Å². The maximum Gasteiger partial charge on any atom is 0.274 e. The zero-order chi connectivity index (χ0) is 17.8. The molecule has 0 radical (unpaired) electrons. The van der Waals surface area contributed by atoms with Gasteiger partial charge in [-0.05, 0) is 37.5 Å². The Morgan fingerprint density at radius 1 is 0.808 bits per heavy atom. The van der Waals surface area contributed by atoms with Crippen LogP contribution in [0.15, 0.2) is 30.6 Å². The number of anilines is 2. The van der Waals surface area contributed by atoms with Gasteiger partial charge in [-0.15, -0.1) is 10.2 Å². The van der Waals surface area contributed by atoms with Crippen molar-refractivity contribution in [2.24, 2.45) is 0 Å². The summed E-state index contributed by atoms with van der Waals surface area (Å²) in [6, 6.07) is 5.51. The number of amides is 1. The molecule has 136 valence electrons. The highest BCUT2D eigenvalue weighted by Crippen LogP contribution is 2.17. The fraction of sp³-hybridized carbons (Fsp3) is 0.500. The molecule has 2 aliphatic heterocycles. The number of hydrogen-bond acceptors (Lipinski definition) is 7. The highest BCUT2D eigenvalue weighted by Gasteiger charge is 2.24. The largest absolute Gasteiger partial charge is 0.355 e. The summed E-state index contributed by atoms with van der Waals surface area (Å²) < 4.78 is 0. The number of piperidine rings is 1. The lowest BCUT2D eigenvalue weighted by Gasteiger charge is -2.34. The van der Waals surface area contributed by atoms with Crippen LogP contribution in [-0.4, -0.2) is 70.2 Å².